The number of H-pyrrole nitrogens is 1. The number of nitrogens with zero attached hydrogens (tertiary/aromatic N) is 3. The van der Waals surface area contributed by atoms with E-state index in [1.54, 1.807) is 6.07 Å². The van der Waals surface area contributed by atoms with Gasteiger partial charge in [-0.1, -0.05) is 35.3 Å². The number of anilines is 1. The maximum absolute atomic E-state index is 9.92. The van der Waals surface area contributed by atoms with Gasteiger partial charge in [-0.2, -0.15) is 5.10 Å². The van der Waals surface area contributed by atoms with Crippen molar-refractivity contribution in [1.82, 2.24) is 15.2 Å². The Morgan fingerprint density at radius 2 is 2.04 bits per heavy atom. The maximum Gasteiger partial charge on any atom is 0.120 e. The Morgan fingerprint density at radius 1 is 1.30 bits per heavy atom. The summed E-state index contributed by atoms with van der Waals surface area (Å²) in [5.74, 6) is 0. The normalized spacial score (nSPS) is 16.9. The predicted molar refractivity (Wildman–Crippen MR) is 109 cm³/mol. The van der Waals surface area contributed by atoms with Crippen LogP contribution in [0.15, 0.2) is 24.3 Å². The molecule has 0 saturated carbocycles. The summed E-state index contributed by atoms with van der Waals surface area (Å²) in [6.07, 6.45) is 1.78. The fourth-order valence-electron chi connectivity index (χ4n) is 3.50. The van der Waals surface area contributed by atoms with E-state index in [4.69, 9.17) is 33.9 Å². The minimum Gasteiger partial charge on any atom is -0.390 e. The second-order valence-corrected chi connectivity index (χ2v) is 8.11. The molecule has 1 aliphatic rings. The first-order chi connectivity index (χ1) is 12.9. The van der Waals surface area contributed by atoms with Crippen LogP contribution in [0, 0.1) is 0 Å². The van der Waals surface area contributed by atoms with E-state index in [2.05, 4.69) is 22.0 Å². The number of pyridine rings is 1. The highest BCUT2D eigenvalue weighted by atomic mass is 35.5. The Hall–Kier alpha value is -1.86. The molecule has 27 heavy (non-hydrogen) atoms. The molecular weight excluding hydrogens is 385 g/mol. The van der Waals surface area contributed by atoms with Crippen LogP contribution in [0.5, 0.6) is 0 Å². The van der Waals surface area contributed by atoms with Gasteiger partial charge in [0.1, 0.15) is 11.2 Å². The monoisotopic (exact) mass is 405 g/mol. The molecule has 3 aromatic rings. The number of nitrogens with one attached hydrogen (secondary N) is 1. The van der Waals surface area contributed by atoms with Crippen molar-refractivity contribution >= 4 is 39.9 Å². The van der Waals surface area contributed by atoms with Gasteiger partial charge in [0.2, 0.25) is 0 Å². The summed E-state index contributed by atoms with van der Waals surface area (Å²) in [6, 6.07) is 7.39. The number of aliphatic hydroxyl groups is 1. The zero-order valence-corrected chi connectivity index (χ0v) is 16.5. The predicted octanol–water partition coefficient (Wildman–Crippen LogP) is 3.74. The molecule has 1 aromatic carbocycles. The van der Waals surface area contributed by atoms with Crippen LogP contribution in [0.2, 0.25) is 10.0 Å². The highest BCUT2D eigenvalue weighted by Crippen LogP contribution is 2.37. The number of aromatic nitrogens is 3. The first kappa shape index (κ1) is 18.5. The lowest BCUT2D eigenvalue weighted by Crippen LogP contribution is -2.48. The summed E-state index contributed by atoms with van der Waals surface area (Å²) < 4.78 is 0. The molecule has 3 heterocycles. The van der Waals surface area contributed by atoms with E-state index in [0.29, 0.717) is 32.5 Å². The molecule has 1 fully saturated rings. The van der Waals surface area contributed by atoms with Gasteiger partial charge in [0.15, 0.2) is 0 Å². The largest absolute Gasteiger partial charge is 0.390 e. The zero-order chi connectivity index (χ0) is 19.2. The molecule has 2 aromatic heterocycles. The molecule has 0 atom stereocenters. The molecule has 0 amide bonds. The first-order valence-electron chi connectivity index (χ1n) is 8.87. The second-order valence-electron chi connectivity index (χ2n) is 7.32. The van der Waals surface area contributed by atoms with Crippen LogP contribution >= 0.6 is 23.2 Å². The Balaban J connectivity index is 1.78. The Bertz CT molecular complexity index is 991. The van der Waals surface area contributed by atoms with E-state index in [1.165, 1.54) is 0 Å². The van der Waals surface area contributed by atoms with Gasteiger partial charge in [-0.05, 0) is 31.9 Å². The summed E-state index contributed by atoms with van der Waals surface area (Å²) >= 11 is 12.5. The summed E-state index contributed by atoms with van der Waals surface area (Å²) in [7, 11) is 0. The number of benzene rings is 1. The number of nitrogens with two attached hydrogens (primary N) is 1. The molecule has 4 rings (SSSR count). The van der Waals surface area contributed by atoms with Crippen LogP contribution in [-0.2, 0) is 6.61 Å². The lowest BCUT2D eigenvalue weighted by atomic mass is 9.90. The van der Waals surface area contributed by atoms with E-state index in [0.717, 1.165) is 37.1 Å². The van der Waals surface area contributed by atoms with Gasteiger partial charge < -0.3 is 15.7 Å². The van der Waals surface area contributed by atoms with Crippen molar-refractivity contribution < 1.29 is 5.11 Å². The number of hydrogen-bond acceptors (Lipinski definition) is 5. The van der Waals surface area contributed by atoms with E-state index < -0.39 is 0 Å². The van der Waals surface area contributed by atoms with E-state index >= 15 is 0 Å². The molecule has 4 N–H and O–H groups in total. The van der Waals surface area contributed by atoms with Crippen LogP contribution in [0.4, 0.5) is 5.69 Å². The molecule has 6 nitrogen and oxygen atoms in total. The summed E-state index contributed by atoms with van der Waals surface area (Å²) in [5, 5.41) is 18.2. The molecule has 142 valence electrons. The molecule has 1 saturated heterocycles. The molecule has 0 spiro atoms. The van der Waals surface area contributed by atoms with E-state index in [-0.39, 0.29) is 12.1 Å². The lowest BCUT2D eigenvalue weighted by Gasteiger charge is -2.38. The number of halogens is 2. The van der Waals surface area contributed by atoms with Gasteiger partial charge in [-0.3, -0.25) is 5.10 Å². The zero-order valence-electron chi connectivity index (χ0n) is 15.0. The summed E-state index contributed by atoms with van der Waals surface area (Å²) in [6.45, 7) is 3.58. The average Bonchev–Trinajstić information content (AvgIpc) is 3.05. The molecule has 0 aliphatic carbocycles. The van der Waals surface area contributed by atoms with Crippen molar-refractivity contribution in [2.45, 2.75) is 31.9 Å². The highest BCUT2D eigenvalue weighted by molar-refractivity contribution is 6.43. The third-order valence-corrected chi connectivity index (χ3v) is 6.01. The molecule has 8 heteroatoms. The Morgan fingerprint density at radius 3 is 2.74 bits per heavy atom. The fourth-order valence-corrected chi connectivity index (χ4v) is 3.89. The number of fused-ring (bicyclic) bond motifs is 1. The van der Waals surface area contributed by atoms with Crippen molar-refractivity contribution in [3.05, 3.63) is 40.0 Å². The SMILES string of the molecule is CC1(N)CCN(c2cc3[nH]nc(-c4cccc(Cl)c4Cl)c3nc2CO)CC1. The standard InChI is InChI=1S/C19H21Cl2N5O/c1-19(22)5-7-26(8-6-19)15-9-13-18(23-14(15)10-27)17(25-24-13)11-3-2-4-12(20)16(11)21/h2-4,9,27H,5-8,10,22H2,1H3,(H,24,25). The molecule has 0 unspecified atom stereocenters. The van der Waals surface area contributed by atoms with E-state index in [9.17, 15) is 5.11 Å². The Labute approximate surface area is 167 Å². The number of aliphatic hydroxyl groups excluding tert-OH is 1. The van der Waals surface area contributed by atoms with Crippen LogP contribution < -0.4 is 10.6 Å². The molecular formula is C19H21Cl2N5O. The molecule has 0 bridgehead atoms. The number of piperidine rings is 1. The molecule has 1 aliphatic heterocycles. The van der Waals surface area contributed by atoms with E-state index in [1.807, 2.05) is 18.2 Å². The molecule has 0 radical (unpaired) electrons. The topological polar surface area (TPSA) is 91.1 Å². The minimum absolute atomic E-state index is 0.141. The fraction of sp³-hybridized carbons (Fsp3) is 0.368. The Kier molecular flexibility index (Phi) is 4.76. The maximum atomic E-state index is 9.92. The van der Waals surface area contributed by atoms with Gasteiger partial charge in [0.05, 0.1) is 33.6 Å². The highest BCUT2D eigenvalue weighted by Gasteiger charge is 2.28. The quantitative estimate of drug-likeness (QED) is 0.617. The lowest BCUT2D eigenvalue weighted by molar-refractivity contribution is 0.277. The summed E-state index contributed by atoms with van der Waals surface area (Å²) in [5.41, 5.74) is 10.4. The number of hydrogen-bond donors (Lipinski definition) is 3. The van der Waals surface area contributed by atoms with Gasteiger partial charge in [0, 0.05) is 24.2 Å². The summed E-state index contributed by atoms with van der Waals surface area (Å²) in [4.78, 5) is 6.92. The van der Waals surface area contributed by atoms with Gasteiger partial charge >= 0.3 is 0 Å². The van der Waals surface area contributed by atoms with Crippen LogP contribution in [0.1, 0.15) is 25.5 Å². The van der Waals surface area contributed by atoms with Crippen molar-refractivity contribution in [3.63, 3.8) is 0 Å². The third-order valence-electron chi connectivity index (χ3n) is 5.19. The van der Waals surface area contributed by atoms with Crippen LogP contribution in [0.3, 0.4) is 0 Å². The van der Waals surface area contributed by atoms with Gasteiger partial charge in [-0.25, -0.2) is 4.98 Å². The van der Waals surface area contributed by atoms with Crippen molar-refractivity contribution in [2.75, 3.05) is 18.0 Å². The van der Waals surface area contributed by atoms with Gasteiger partial charge in [0.25, 0.3) is 0 Å². The smallest absolute Gasteiger partial charge is 0.120 e. The minimum atomic E-state index is -0.157. The number of rotatable bonds is 3. The average molecular weight is 406 g/mol. The van der Waals surface area contributed by atoms with Crippen molar-refractivity contribution in [3.8, 4) is 11.3 Å². The second kappa shape index (κ2) is 6.95. The van der Waals surface area contributed by atoms with Crippen LogP contribution in [0.25, 0.3) is 22.3 Å². The third kappa shape index (κ3) is 3.38. The number of aromatic amines is 1. The van der Waals surface area contributed by atoms with Crippen LogP contribution in [-0.4, -0.2) is 38.9 Å². The van der Waals surface area contributed by atoms with Crippen molar-refractivity contribution in [1.29, 1.82) is 0 Å². The van der Waals surface area contributed by atoms with Gasteiger partial charge in [-0.15, -0.1) is 0 Å². The first-order valence-corrected chi connectivity index (χ1v) is 9.62. The van der Waals surface area contributed by atoms with Crippen molar-refractivity contribution in [2.24, 2.45) is 5.73 Å².